The maximum absolute atomic E-state index is 10.8. The number of pyridine rings is 1. The molecule has 10 heteroatoms. The number of para-hydroxylation sites is 2. The SMILES string of the molecule is O=C(O)c1ccc(-c2n[n-]c(-c3ccccn3)n2)cc1.[Cu+].c1ccc([PH+](c2ccccc2)c2ccccc2Oc2ccccc2[PH+](c2ccccc2)c2ccccc2)cc1. The van der Waals surface area contributed by atoms with Gasteiger partial charge in [0, 0.05) is 6.20 Å². The molecule has 296 valence electrons. The van der Waals surface area contributed by atoms with Gasteiger partial charge in [0.05, 0.1) is 17.1 Å². The van der Waals surface area contributed by atoms with Crippen molar-refractivity contribution in [3.05, 3.63) is 224 Å². The van der Waals surface area contributed by atoms with E-state index < -0.39 is 21.8 Å². The van der Waals surface area contributed by atoms with Crippen LogP contribution in [0.2, 0.25) is 0 Å². The third-order valence-corrected chi connectivity index (χ3v) is 15.1. The number of ether oxygens (including phenoxy) is 1. The molecule has 7 aromatic carbocycles. The van der Waals surface area contributed by atoms with Crippen LogP contribution in [0.4, 0.5) is 0 Å². The summed E-state index contributed by atoms with van der Waals surface area (Å²) in [5.41, 5.74) is 1.58. The molecule has 0 amide bonds. The third kappa shape index (κ3) is 10.0. The van der Waals surface area contributed by atoms with E-state index >= 15 is 0 Å². The zero-order valence-corrected chi connectivity index (χ0v) is 35.1. The van der Waals surface area contributed by atoms with Crippen molar-refractivity contribution in [3.63, 3.8) is 0 Å². The van der Waals surface area contributed by atoms with Crippen LogP contribution in [0.25, 0.3) is 22.9 Å². The Bertz CT molecular complexity index is 2520. The van der Waals surface area contributed by atoms with Gasteiger partial charge in [-0.3, -0.25) is 10.1 Å². The number of hydrogen-bond donors (Lipinski definition) is 1. The Morgan fingerprint density at radius 2 is 0.917 bits per heavy atom. The fourth-order valence-corrected chi connectivity index (χ4v) is 12.0. The van der Waals surface area contributed by atoms with Crippen LogP contribution in [0.15, 0.2) is 219 Å². The standard InChI is InChI=1S/C36H28OP2.C14H10N4O2.Cu/c1-5-17-29(18-6-1)38(30-19-7-2-8-20-30)35-27-15-13-25-33(35)37-34-26-14-16-28-36(34)39(31-21-9-3-10-22-31)32-23-11-4-12-24-32;19-14(20)10-6-4-9(5-7-10)12-16-13(18-17-12)11-3-1-2-8-15-11;/h1-28H;1-8H,(H2,15,16,17,18,19,20);/q;;+1/p+1. The molecule has 60 heavy (non-hydrogen) atoms. The minimum Gasteiger partial charge on any atom is -0.478 e. The quantitative estimate of drug-likeness (QED) is 0.103. The van der Waals surface area contributed by atoms with Gasteiger partial charge >= 0.3 is 23.0 Å². The smallest absolute Gasteiger partial charge is 0.478 e. The fraction of sp³-hybridized carbons (Fsp3) is 0. The van der Waals surface area contributed by atoms with E-state index in [-0.39, 0.29) is 22.6 Å². The predicted octanol–water partition coefficient (Wildman–Crippen LogP) is 8.32. The molecule has 1 N–H and O–H groups in total. The number of carbonyl (C=O) groups is 1. The van der Waals surface area contributed by atoms with E-state index in [1.807, 2.05) is 12.1 Å². The van der Waals surface area contributed by atoms with Crippen LogP contribution >= 0.6 is 15.8 Å². The van der Waals surface area contributed by atoms with Crippen molar-refractivity contribution in [2.24, 2.45) is 0 Å². The number of carboxylic acid groups (broad SMARTS) is 1. The van der Waals surface area contributed by atoms with E-state index in [0.29, 0.717) is 22.9 Å². The van der Waals surface area contributed by atoms with Crippen molar-refractivity contribution < 1.29 is 31.7 Å². The van der Waals surface area contributed by atoms with Crippen LogP contribution in [0.3, 0.4) is 0 Å². The van der Waals surface area contributed by atoms with E-state index in [4.69, 9.17) is 9.84 Å². The van der Waals surface area contributed by atoms with Crippen LogP contribution in [0.1, 0.15) is 10.4 Å². The minimum atomic E-state index is -1.28. The molecule has 0 aliphatic heterocycles. The second-order valence-corrected chi connectivity index (χ2v) is 18.3. The average molecular weight is 869 g/mol. The Morgan fingerprint density at radius 3 is 1.33 bits per heavy atom. The number of hydrogen-bond acceptors (Lipinski definition) is 5. The molecular formula is C50H39CuN4O3P2+2. The Hall–Kier alpha value is -6.52. The molecule has 0 saturated heterocycles. The molecule has 2 heterocycles. The van der Waals surface area contributed by atoms with Crippen LogP contribution in [-0.2, 0) is 17.1 Å². The van der Waals surface area contributed by atoms with Gasteiger partial charge in [-0.2, -0.15) is 0 Å². The van der Waals surface area contributed by atoms with Crippen molar-refractivity contribution in [2.45, 2.75) is 0 Å². The molecule has 9 aromatic rings. The summed E-state index contributed by atoms with van der Waals surface area (Å²) in [7, 11) is -2.56. The first-order chi connectivity index (χ1) is 29.1. The Labute approximate surface area is 362 Å². The second-order valence-electron chi connectivity index (χ2n) is 13.4. The zero-order valence-electron chi connectivity index (χ0n) is 32.1. The molecule has 0 spiro atoms. The first-order valence-electron chi connectivity index (χ1n) is 19.1. The topological polar surface area (TPSA) is 99.3 Å². The van der Waals surface area contributed by atoms with Gasteiger partial charge in [0.1, 0.15) is 47.7 Å². The van der Waals surface area contributed by atoms with Crippen molar-refractivity contribution in [2.75, 3.05) is 0 Å². The zero-order chi connectivity index (χ0) is 40.2. The van der Waals surface area contributed by atoms with Gasteiger partial charge in [0.25, 0.3) is 0 Å². The molecule has 0 bridgehead atoms. The average Bonchev–Trinajstić information content (AvgIpc) is 3.81. The van der Waals surface area contributed by atoms with Crippen molar-refractivity contribution in [1.29, 1.82) is 0 Å². The monoisotopic (exact) mass is 868 g/mol. The van der Waals surface area contributed by atoms with Gasteiger partial charge in [-0.15, -0.1) is 0 Å². The molecule has 0 unspecified atom stereocenters. The van der Waals surface area contributed by atoms with Gasteiger partial charge in [-0.05, 0) is 108 Å². The number of aromatic carboxylic acids is 1. The molecule has 0 saturated carbocycles. The van der Waals surface area contributed by atoms with Crippen LogP contribution in [0, 0.1) is 0 Å². The van der Waals surface area contributed by atoms with Gasteiger partial charge in [0.15, 0.2) is 11.5 Å². The Morgan fingerprint density at radius 1 is 0.500 bits per heavy atom. The summed E-state index contributed by atoms with van der Waals surface area (Å²) in [6, 6.07) is 72.4. The molecule has 9 rings (SSSR count). The van der Waals surface area contributed by atoms with Crippen molar-refractivity contribution in [1.82, 2.24) is 20.2 Å². The summed E-state index contributed by atoms with van der Waals surface area (Å²) in [4.78, 5) is 19.2. The van der Waals surface area contributed by atoms with Crippen LogP contribution in [0.5, 0.6) is 11.5 Å². The van der Waals surface area contributed by atoms with Crippen LogP contribution in [-0.4, -0.2) is 26.1 Å². The number of rotatable bonds is 11. The number of aromatic nitrogens is 4. The van der Waals surface area contributed by atoms with Gasteiger partial charge < -0.3 is 19.9 Å². The molecule has 7 nitrogen and oxygen atoms in total. The van der Waals surface area contributed by atoms with E-state index in [9.17, 15) is 4.79 Å². The normalized spacial score (nSPS) is 10.6. The summed E-state index contributed by atoms with van der Waals surface area (Å²) in [5, 5.41) is 24.7. The van der Waals surface area contributed by atoms with Crippen molar-refractivity contribution >= 4 is 53.6 Å². The Balaban J connectivity index is 0.000000218. The maximum Gasteiger partial charge on any atom is 1.00 e. The van der Waals surface area contributed by atoms with Gasteiger partial charge in [-0.1, -0.05) is 115 Å². The molecule has 0 aliphatic rings. The molecule has 0 aliphatic carbocycles. The summed E-state index contributed by atoms with van der Waals surface area (Å²) in [5.74, 6) is 1.78. The molecular weight excluding hydrogens is 830 g/mol. The van der Waals surface area contributed by atoms with E-state index in [0.717, 1.165) is 11.5 Å². The van der Waals surface area contributed by atoms with Crippen LogP contribution < -0.4 is 41.7 Å². The summed E-state index contributed by atoms with van der Waals surface area (Å²) >= 11 is 0. The van der Waals surface area contributed by atoms with Crippen molar-refractivity contribution in [3.8, 4) is 34.4 Å². The predicted molar refractivity (Wildman–Crippen MR) is 244 cm³/mol. The molecule has 0 atom stereocenters. The minimum absolute atomic E-state index is 0. The number of nitrogens with zero attached hydrogens (tertiary/aromatic N) is 4. The molecule has 0 radical (unpaired) electrons. The van der Waals surface area contributed by atoms with Gasteiger partial charge in [-0.25, -0.2) is 4.79 Å². The van der Waals surface area contributed by atoms with Gasteiger partial charge in [0.2, 0.25) is 0 Å². The summed E-state index contributed by atoms with van der Waals surface area (Å²) < 4.78 is 6.94. The third-order valence-electron chi connectivity index (χ3n) is 9.52. The molecule has 2 aromatic heterocycles. The largest absolute Gasteiger partial charge is 1.00 e. The number of benzene rings is 7. The second kappa shape index (κ2) is 20.4. The fourth-order valence-electron chi connectivity index (χ4n) is 6.74. The number of carboxylic acids is 1. The molecule has 0 fully saturated rings. The van der Waals surface area contributed by atoms with E-state index in [2.05, 4.69) is 190 Å². The van der Waals surface area contributed by atoms with E-state index in [1.165, 1.54) is 44.0 Å². The Kier molecular flexibility index (Phi) is 14.2. The van der Waals surface area contributed by atoms with E-state index in [1.54, 1.807) is 24.4 Å². The maximum atomic E-state index is 10.8. The summed E-state index contributed by atoms with van der Waals surface area (Å²) in [6.07, 6.45) is 1.66. The summed E-state index contributed by atoms with van der Waals surface area (Å²) in [6.45, 7) is 0. The first kappa shape index (κ1) is 41.6. The first-order valence-corrected chi connectivity index (χ1v) is 22.1.